The average molecular weight is 396 g/mol. The van der Waals surface area contributed by atoms with Gasteiger partial charge in [-0.15, -0.1) is 0 Å². The maximum Gasteiger partial charge on any atom is 0.0178 e. The van der Waals surface area contributed by atoms with E-state index in [-0.39, 0.29) is 0 Å². The normalized spacial score (nSPS) is 9.70. The van der Waals surface area contributed by atoms with Crippen LogP contribution in [0.1, 0.15) is 36.1 Å². The van der Waals surface area contributed by atoms with Crippen molar-refractivity contribution in [3.63, 3.8) is 0 Å². The van der Waals surface area contributed by atoms with Crippen LogP contribution in [0, 0.1) is 13.8 Å². The van der Waals surface area contributed by atoms with Crippen LogP contribution in [0.15, 0.2) is 51.9 Å². The van der Waals surface area contributed by atoms with Crippen molar-refractivity contribution in [3.05, 3.63) is 74.2 Å². The Kier molecular flexibility index (Phi) is 6.70. The van der Waals surface area contributed by atoms with Gasteiger partial charge in [-0.25, -0.2) is 0 Å². The Labute approximate surface area is 139 Å². The maximum absolute atomic E-state index is 4.25. The molecule has 0 radical (unpaired) electrons. The Hall–Kier alpha value is -0.860. The summed E-state index contributed by atoms with van der Waals surface area (Å²) in [6.45, 7) is 12.5. The summed E-state index contributed by atoms with van der Waals surface area (Å²) in [5, 5.41) is 0. The average Bonchev–Trinajstić information content (AvgIpc) is 2.40. The largest absolute Gasteiger partial charge is 0.0905 e. The van der Waals surface area contributed by atoms with Crippen LogP contribution in [0.5, 0.6) is 0 Å². The fourth-order valence-corrected chi connectivity index (χ4v) is 3.03. The third kappa shape index (κ3) is 4.07. The lowest BCUT2D eigenvalue weighted by Gasteiger charge is -2.13. The summed E-state index contributed by atoms with van der Waals surface area (Å²) in [6.07, 6.45) is 0. The van der Waals surface area contributed by atoms with Gasteiger partial charge < -0.3 is 0 Å². The first kappa shape index (κ1) is 17.2. The molecule has 0 saturated carbocycles. The van der Waals surface area contributed by atoms with Gasteiger partial charge in [-0.05, 0) is 65.9 Å². The van der Waals surface area contributed by atoms with Gasteiger partial charge in [0.2, 0.25) is 0 Å². The van der Waals surface area contributed by atoms with E-state index in [1.54, 1.807) is 0 Å². The molecule has 0 aliphatic heterocycles. The second-order valence-corrected chi connectivity index (χ2v) is 6.23. The molecule has 0 aliphatic carbocycles. The molecule has 2 heteroatoms. The summed E-state index contributed by atoms with van der Waals surface area (Å²) in [5.74, 6) is 0. The van der Waals surface area contributed by atoms with Crippen LogP contribution in [0.2, 0.25) is 0 Å². The van der Waals surface area contributed by atoms with Crippen LogP contribution in [-0.2, 0) is 0 Å². The van der Waals surface area contributed by atoms with Crippen molar-refractivity contribution < 1.29 is 0 Å². The lowest BCUT2D eigenvalue weighted by Crippen LogP contribution is -1.93. The molecule has 2 aromatic carbocycles. The topological polar surface area (TPSA) is 0 Å². The molecule has 20 heavy (non-hydrogen) atoms. The summed E-state index contributed by atoms with van der Waals surface area (Å²) in [6, 6.07) is 12.6. The van der Waals surface area contributed by atoms with Gasteiger partial charge in [-0.1, -0.05) is 64.4 Å². The number of aryl methyl sites for hydroxylation is 2. The van der Waals surface area contributed by atoms with Gasteiger partial charge in [0.25, 0.3) is 0 Å². The van der Waals surface area contributed by atoms with Gasteiger partial charge in [0.15, 0.2) is 0 Å². The fraction of sp³-hybridized carbons (Fsp3) is 0.222. The van der Waals surface area contributed by atoms with Gasteiger partial charge in [0, 0.05) is 8.95 Å². The van der Waals surface area contributed by atoms with E-state index in [0.717, 1.165) is 14.5 Å². The second kappa shape index (κ2) is 7.80. The van der Waals surface area contributed by atoms with Gasteiger partial charge in [0.05, 0.1) is 0 Å². The standard InChI is InChI=1S/C16H14Br2.C2H6/c1-10-8-13(17)4-6-15(10)12(3)16-7-5-14(18)9-11(16)2;1-2/h4-9H,3H2,1-2H3;1-2H3. The van der Waals surface area contributed by atoms with E-state index >= 15 is 0 Å². The van der Waals surface area contributed by atoms with E-state index in [4.69, 9.17) is 0 Å². The SMILES string of the molecule is C=C(c1ccc(Br)cc1C)c1ccc(Br)cc1C.CC. The van der Waals surface area contributed by atoms with Crippen LogP contribution in [0.25, 0.3) is 5.57 Å². The van der Waals surface area contributed by atoms with Crippen LogP contribution >= 0.6 is 31.9 Å². The molecule has 2 rings (SSSR count). The third-order valence-electron chi connectivity index (χ3n) is 3.03. The van der Waals surface area contributed by atoms with E-state index in [0.29, 0.717) is 0 Å². The van der Waals surface area contributed by atoms with Gasteiger partial charge in [0.1, 0.15) is 0 Å². The van der Waals surface area contributed by atoms with E-state index < -0.39 is 0 Å². The highest BCUT2D eigenvalue weighted by atomic mass is 79.9. The van der Waals surface area contributed by atoms with Crippen molar-refractivity contribution in [1.29, 1.82) is 0 Å². The highest BCUT2D eigenvalue weighted by molar-refractivity contribution is 9.10. The van der Waals surface area contributed by atoms with Crippen LogP contribution in [0.3, 0.4) is 0 Å². The van der Waals surface area contributed by atoms with Crippen LogP contribution < -0.4 is 0 Å². The van der Waals surface area contributed by atoms with E-state index in [9.17, 15) is 0 Å². The second-order valence-electron chi connectivity index (χ2n) is 4.40. The number of benzene rings is 2. The number of rotatable bonds is 2. The molecule has 0 aliphatic rings. The lowest BCUT2D eigenvalue weighted by atomic mass is 9.93. The number of hydrogen-bond acceptors (Lipinski definition) is 0. The van der Waals surface area contributed by atoms with E-state index in [2.05, 4.69) is 88.7 Å². The molecule has 0 saturated heterocycles. The lowest BCUT2D eigenvalue weighted by molar-refractivity contribution is 1.36. The summed E-state index contributed by atoms with van der Waals surface area (Å²) in [4.78, 5) is 0. The maximum atomic E-state index is 4.25. The molecule has 0 spiro atoms. The molecule has 2 aromatic rings. The molecular weight excluding hydrogens is 376 g/mol. The molecule has 0 bridgehead atoms. The molecular formula is C18H20Br2. The predicted molar refractivity (Wildman–Crippen MR) is 97.2 cm³/mol. The Balaban J connectivity index is 0.000000956. The molecule has 0 fully saturated rings. The molecule has 0 N–H and O–H groups in total. The quantitative estimate of drug-likeness (QED) is 0.517. The van der Waals surface area contributed by atoms with Crippen LogP contribution in [-0.4, -0.2) is 0 Å². The van der Waals surface area contributed by atoms with Crippen molar-refractivity contribution in [1.82, 2.24) is 0 Å². The molecule has 0 nitrogen and oxygen atoms in total. The summed E-state index contributed by atoms with van der Waals surface area (Å²) in [5.41, 5.74) is 5.94. The van der Waals surface area contributed by atoms with Gasteiger partial charge in [-0.3, -0.25) is 0 Å². The number of hydrogen-bond donors (Lipinski definition) is 0. The number of halogens is 2. The molecule has 0 unspecified atom stereocenters. The Morgan fingerprint density at radius 1 is 0.800 bits per heavy atom. The predicted octanol–water partition coefficient (Wildman–Crippen LogP) is 6.92. The first-order valence-electron chi connectivity index (χ1n) is 6.71. The molecule has 0 amide bonds. The highest BCUT2D eigenvalue weighted by Crippen LogP contribution is 2.29. The Morgan fingerprint density at radius 2 is 1.15 bits per heavy atom. The molecule has 106 valence electrons. The third-order valence-corrected chi connectivity index (χ3v) is 4.01. The minimum absolute atomic E-state index is 1.07. The zero-order valence-electron chi connectivity index (χ0n) is 12.4. The molecule has 0 aromatic heterocycles. The van der Waals surface area contributed by atoms with Crippen molar-refractivity contribution in [2.24, 2.45) is 0 Å². The van der Waals surface area contributed by atoms with Crippen molar-refractivity contribution in [3.8, 4) is 0 Å². The minimum atomic E-state index is 1.07. The van der Waals surface area contributed by atoms with E-state index in [1.165, 1.54) is 22.3 Å². The Bertz CT molecular complexity index is 559. The molecule has 0 atom stereocenters. The molecule has 0 heterocycles. The Morgan fingerprint density at radius 3 is 1.45 bits per heavy atom. The van der Waals surface area contributed by atoms with Crippen molar-refractivity contribution >= 4 is 37.4 Å². The summed E-state index contributed by atoms with van der Waals surface area (Å²) in [7, 11) is 0. The fourth-order valence-electron chi connectivity index (χ4n) is 2.08. The van der Waals surface area contributed by atoms with Gasteiger partial charge >= 0.3 is 0 Å². The van der Waals surface area contributed by atoms with E-state index in [1.807, 2.05) is 13.8 Å². The minimum Gasteiger partial charge on any atom is -0.0905 e. The monoisotopic (exact) mass is 394 g/mol. The smallest absolute Gasteiger partial charge is 0.0178 e. The van der Waals surface area contributed by atoms with Crippen LogP contribution in [0.4, 0.5) is 0 Å². The summed E-state index contributed by atoms with van der Waals surface area (Å²) < 4.78 is 2.20. The first-order valence-corrected chi connectivity index (χ1v) is 8.29. The van der Waals surface area contributed by atoms with Gasteiger partial charge in [-0.2, -0.15) is 0 Å². The zero-order valence-corrected chi connectivity index (χ0v) is 15.6. The summed E-state index contributed by atoms with van der Waals surface area (Å²) >= 11 is 6.98. The van der Waals surface area contributed by atoms with Crippen molar-refractivity contribution in [2.45, 2.75) is 27.7 Å². The first-order chi connectivity index (χ1) is 9.49. The zero-order chi connectivity index (χ0) is 15.3. The highest BCUT2D eigenvalue weighted by Gasteiger charge is 2.08. The van der Waals surface area contributed by atoms with Crippen molar-refractivity contribution in [2.75, 3.05) is 0 Å².